The summed E-state index contributed by atoms with van der Waals surface area (Å²) in [5, 5.41) is 0. The van der Waals surface area contributed by atoms with Crippen molar-refractivity contribution in [2.75, 3.05) is 6.54 Å². The second kappa shape index (κ2) is 7.66. The van der Waals surface area contributed by atoms with Gasteiger partial charge in [-0.05, 0) is 67.3 Å². The Bertz CT molecular complexity index is 844. The van der Waals surface area contributed by atoms with Crippen molar-refractivity contribution < 1.29 is 14.3 Å². The van der Waals surface area contributed by atoms with E-state index in [1.807, 2.05) is 42.5 Å². The topological polar surface area (TPSA) is 72.6 Å². The Morgan fingerprint density at radius 1 is 1.04 bits per heavy atom. The van der Waals surface area contributed by atoms with Gasteiger partial charge in [-0.2, -0.15) is 0 Å². The SMILES string of the molecule is NC(=O)C1CCCN1C(=O)CCC1(c2ccc(Oc3ccccc3)cc2)CC1. The zero-order chi connectivity index (χ0) is 19.6. The van der Waals surface area contributed by atoms with E-state index >= 15 is 0 Å². The molecule has 0 aromatic heterocycles. The van der Waals surface area contributed by atoms with Crippen LogP contribution < -0.4 is 10.5 Å². The predicted octanol–water partition coefficient (Wildman–Crippen LogP) is 3.77. The smallest absolute Gasteiger partial charge is 0.240 e. The van der Waals surface area contributed by atoms with Gasteiger partial charge in [-0.3, -0.25) is 9.59 Å². The lowest BCUT2D eigenvalue weighted by Gasteiger charge is -2.23. The predicted molar refractivity (Wildman–Crippen MR) is 107 cm³/mol. The van der Waals surface area contributed by atoms with Gasteiger partial charge in [-0.25, -0.2) is 0 Å². The molecule has 2 aromatic rings. The number of carbonyl (C=O) groups is 2. The summed E-state index contributed by atoms with van der Waals surface area (Å²) in [5.74, 6) is 1.29. The molecule has 2 aromatic carbocycles. The maximum absolute atomic E-state index is 12.6. The minimum Gasteiger partial charge on any atom is -0.457 e. The number of nitrogens with zero attached hydrogens (tertiary/aromatic N) is 1. The first-order valence-electron chi connectivity index (χ1n) is 10.00. The van der Waals surface area contributed by atoms with Crippen LogP contribution in [0, 0.1) is 0 Å². The quantitative estimate of drug-likeness (QED) is 0.797. The van der Waals surface area contributed by atoms with E-state index in [0.717, 1.165) is 37.2 Å². The summed E-state index contributed by atoms with van der Waals surface area (Å²) in [6, 6.07) is 17.5. The van der Waals surface area contributed by atoms with Crippen molar-refractivity contribution in [2.24, 2.45) is 5.73 Å². The van der Waals surface area contributed by atoms with Gasteiger partial charge in [0.2, 0.25) is 11.8 Å². The number of amides is 2. The number of likely N-dealkylation sites (tertiary alicyclic amines) is 1. The van der Waals surface area contributed by atoms with Crippen LogP contribution in [-0.4, -0.2) is 29.3 Å². The molecule has 0 bridgehead atoms. The first-order chi connectivity index (χ1) is 13.6. The maximum atomic E-state index is 12.6. The molecular formula is C23H26N2O3. The van der Waals surface area contributed by atoms with Crippen LogP contribution in [0.5, 0.6) is 11.5 Å². The first-order valence-corrected chi connectivity index (χ1v) is 10.00. The summed E-state index contributed by atoms with van der Waals surface area (Å²) in [4.78, 5) is 25.8. The van der Waals surface area contributed by atoms with E-state index in [1.54, 1.807) is 4.90 Å². The molecule has 1 saturated carbocycles. The summed E-state index contributed by atoms with van der Waals surface area (Å²) >= 11 is 0. The lowest BCUT2D eigenvalue weighted by atomic mass is 9.90. The molecule has 2 N–H and O–H groups in total. The van der Waals surface area contributed by atoms with Gasteiger partial charge in [0.15, 0.2) is 0 Å². The number of primary amides is 1. The molecule has 1 saturated heterocycles. The Balaban J connectivity index is 1.36. The molecular weight excluding hydrogens is 352 g/mol. The molecule has 4 rings (SSSR count). The molecule has 1 heterocycles. The molecule has 5 nitrogen and oxygen atoms in total. The highest BCUT2D eigenvalue weighted by molar-refractivity contribution is 5.87. The van der Waals surface area contributed by atoms with Crippen LogP contribution in [0.15, 0.2) is 54.6 Å². The number of benzene rings is 2. The summed E-state index contributed by atoms with van der Waals surface area (Å²) in [6.07, 6.45) is 5.01. The monoisotopic (exact) mass is 378 g/mol. The molecule has 0 radical (unpaired) electrons. The van der Waals surface area contributed by atoms with E-state index in [0.29, 0.717) is 19.4 Å². The Labute approximate surface area is 165 Å². The molecule has 1 unspecified atom stereocenters. The van der Waals surface area contributed by atoms with Crippen LogP contribution in [-0.2, 0) is 15.0 Å². The van der Waals surface area contributed by atoms with Crippen molar-refractivity contribution in [2.45, 2.75) is 50.0 Å². The van der Waals surface area contributed by atoms with Gasteiger partial charge in [-0.1, -0.05) is 30.3 Å². The molecule has 2 aliphatic rings. The summed E-state index contributed by atoms with van der Waals surface area (Å²) in [6.45, 7) is 0.644. The van der Waals surface area contributed by atoms with Crippen molar-refractivity contribution in [3.8, 4) is 11.5 Å². The number of nitrogens with two attached hydrogens (primary N) is 1. The molecule has 146 valence electrons. The summed E-state index contributed by atoms with van der Waals surface area (Å²) in [7, 11) is 0. The highest BCUT2D eigenvalue weighted by Crippen LogP contribution is 2.52. The second-order valence-electron chi connectivity index (χ2n) is 7.87. The standard InChI is InChI=1S/C23H26N2O3/c24-22(27)20-7-4-16-25(20)21(26)12-13-23(14-15-23)17-8-10-19(11-9-17)28-18-5-2-1-3-6-18/h1-3,5-6,8-11,20H,4,7,12-16H2,(H2,24,27). The number of para-hydroxylation sites is 1. The van der Waals surface area contributed by atoms with Gasteiger partial charge in [0.25, 0.3) is 0 Å². The number of rotatable bonds is 7. The number of carbonyl (C=O) groups excluding carboxylic acids is 2. The van der Waals surface area contributed by atoms with E-state index in [9.17, 15) is 9.59 Å². The van der Waals surface area contributed by atoms with E-state index in [-0.39, 0.29) is 17.2 Å². The summed E-state index contributed by atoms with van der Waals surface area (Å²) in [5.41, 5.74) is 6.78. The average Bonchev–Trinajstić information content (AvgIpc) is 3.33. The summed E-state index contributed by atoms with van der Waals surface area (Å²) < 4.78 is 5.86. The minimum atomic E-state index is -0.419. The molecule has 2 amide bonds. The Morgan fingerprint density at radius 3 is 2.36 bits per heavy atom. The highest BCUT2D eigenvalue weighted by Gasteiger charge is 2.44. The van der Waals surface area contributed by atoms with E-state index < -0.39 is 6.04 Å². The van der Waals surface area contributed by atoms with Gasteiger partial charge < -0.3 is 15.4 Å². The van der Waals surface area contributed by atoms with Gasteiger partial charge in [0.05, 0.1) is 0 Å². The van der Waals surface area contributed by atoms with Crippen LogP contribution in [0.2, 0.25) is 0 Å². The van der Waals surface area contributed by atoms with Crippen LogP contribution in [0.25, 0.3) is 0 Å². The highest BCUT2D eigenvalue weighted by atomic mass is 16.5. The van der Waals surface area contributed by atoms with Crippen LogP contribution in [0.1, 0.15) is 44.1 Å². The number of hydrogen-bond acceptors (Lipinski definition) is 3. The fraction of sp³-hybridized carbons (Fsp3) is 0.391. The maximum Gasteiger partial charge on any atom is 0.240 e. The zero-order valence-electron chi connectivity index (χ0n) is 16.0. The fourth-order valence-corrected chi connectivity index (χ4v) is 4.19. The van der Waals surface area contributed by atoms with Crippen molar-refractivity contribution >= 4 is 11.8 Å². The van der Waals surface area contributed by atoms with Crippen molar-refractivity contribution in [1.82, 2.24) is 4.90 Å². The van der Waals surface area contributed by atoms with Gasteiger partial charge in [0, 0.05) is 13.0 Å². The molecule has 0 spiro atoms. The molecule has 1 aliphatic carbocycles. The van der Waals surface area contributed by atoms with Gasteiger partial charge in [0.1, 0.15) is 17.5 Å². The lowest BCUT2D eigenvalue weighted by molar-refractivity contribution is -0.137. The molecule has 2 fully saturated rings. The average molecular weight is 378 g/mol. The van der Waals surface area contributed by atoms with E-state index in [1.165, 1.54) is 5.56 Å². The first kappa shape index (κ1) is 18.5. The van der Waals surface area contributed by atoms with Gasteiger partial charge >= 0.3 is 0 Å². The van der Waals surface area contributed by atoms with Crippen LogP contribution in [0.3, 0.4) is 0 Å². The van der Waals surface area contributed by atoms with Crippen LogP contribution in [0.4, 0.5) is 0 Å². The Hall–Kier alpha value is -2.82. The lowest BCUT2D eigenvalue weighted by Crippen LogP contribution is -2.43. The molecule has 28 heavy (non-hydrogen) atoms. The van der Waals surface area contributed by atoms with Crippen molar-refractivity contribution in [3.05, 3.63) is 60.2 Å². The fourth-order valence-electron chi connectivity index (χ4n) is 4.19. The third-order valence-electron chi connectivity index (χ3n) is 6.02. The Kier molecular flexibility index (Phi) is 5.07. The van der Waals surface area contributed by atoms with E-state index in [4.69, 9.17) is 10.5 Å². The molecule has 1 atom stereocenters. The zero-order valence-corrected chi connectivity index (χ0v) is 16.0. The van der Waals surface area contributed by atoms with Crippen molar-refractivity contribution in [3.63, 3.8) is 0 Å². The van der Waals surface area contributed by atoms with Crippen LogP contribution >= 0.6 is 0 Å². The normalized spacial score (nSPS) is 20.0. The largest absolute Gasteiger partial charge is 0.457 e. The van der Waals surface area contributed by atoms with Gasteiger partial charge in [-0.15, -0.1) is 0 Å². The Morgan fingerprint density at radius 2 is 1.71 bits per heavy atom. The third kappa shape index (κ3) is 3.88. The third-order valence-corrected chi connectivity index (χ3v) is 6.02. The number of ether oxygens (including phenoxy) is 1. The van der Waals surface area contributed by atoms with Crippen molar-refractivity contribution in [1.29, 1.82) is 0 Å². The minimum absolute atomic E-state index is 0.0524. The molecule has 5 heteroatoms. The number of hydrogen-bond donors (Lipinski definition) is 1. The molecule has 1 aliphatic heterocycles. The van der Waals surface area contributed by atoms with E-state index in [2.05, 4.69) is 12.1 Å². The second-order valence-corrected chi connectivity index (χ2v) is 7.87.